The lowest BCUT2D eigenvalue weighted by Crippen LogP contribution is -2.41. The molecule has 0 N–H and O–H groups in total. The van der Waals surface area contributed by atoms with Crippen LogP contribution < -0.4 is 4.74 Å². The zero-order valence-corrected chi connectivity index (χ0v) is 17.9. The monoisotopic (exact) mass is 412 g/mol. The largest absolute Gasteiger partial charge is 0.471 e. The number of likely N-dealkylation sites (tertiary alicyclic amines) is 1. The maximum absolute atomic E-state index is 12.6. The molecule has 3 aromatic heterocycles. The predicted octanol–water partition coefficient (Wildman–Crippen LogP) is 3.30. The number of carbonyl (C=O) groups is 1. The Kier molecular flexibility index (Phi) is 5.36. The van der Waals surface area contributed by atoms with Crippen LogP contribution in [0.15, 0.2) is 30.9 Å². The first-order valence-corrected chi connectivity index (χ1v) is 10.3. The van der Waals surface area contributed by atoms with Crippen molar-refractivity contribution in [2.75, 3.05) is 13.1 Å². The van der Waals surface area contributed by atoms with Gasteiger partial charge in [-0.2, -0.15) is 10.2 Å². The Labute approximate surface area is 175 Å². The van der Waals surface area contributed by atoms with Gasteiger partial charge in [-0.15, -0.1) is 0 Å². The van der Waals surface area contributed by atoms with E-state index in [-0.39, 0.29) is 12.2 Å². The fourth-order valence-electron chi connectivity index (χ4n) is 3.53. The minimum Gasteiger partial charge on any atom is -0.471 e. The molecule has 1 amide bonds. The smallest absolute Gasteiger partial charge is 0.410 e. The van der Waals surface area contributed by atoms with Gasteiger partial charge in [0.1, 0.15) is 17.2 Å². The first kappa shape index (κ1) is 20.2. The van der Waals surface area contributed by atoms with Gasteiger partial charge in [-0.1, -0.05) is 0 Å². The number of aromatic nitrogens is 5. The molecule has 160 valence electrons. The number of amides is 1. The second-order valence-corrected chi connectivity index (χ2v) is 8.66. The van der Waals surface area contributed by atoms with Crippen LogP contribution in [0.5, 0.6) is 5.88 Å². The highest BCUT2D eigenvalue weighted by Crippen LogP contribution is 2.26. The molecule has 0 bridgehead atoms. The van der Waals surface area contributed by atoms with Crippen LogP contribution in [0.1, 0.15) is 40.0 Å². The molecule has 1 saturated heterocycles. The number of rotatable bonds is 3. The zero-order valence-electron chi connectivity index (χ0n) is 17.9. The summed E-state index contributed by atoms with van der Waals surface area (Å²) < 4.78 is 15.4. The summed E-state index contributed by atoms with van der Waals surface area (Å²) in [7, 11) is 1.87. The number of ether oxygens (including phenoxy) is 2. The van der Waals surface area contributed by atoms with Crippen molar-refractivity contribution in [2.45, 2.75) is 51.7 Å². The number of aryl methyl sites for hydroxylation is 1. The Balaban J connectivity index is 1.58. The zero-order chi connectivity index (χ0) is 21.3. The fourth-order valence-corrected chi connectivity index (χ4v) is 3.53. The van der Waals surface area contributed by atoms with E-state index in [9.17, 15) is 4.79 Å². The van der Waals surface area contributed by atoms with E-state index < -0.39 is 5.60 Å². The second-order valence-electron chi connectivity index (χ2n) is 8.66. The summed E-state index contributed by atoms with van der Waals surface area (Å²) in [4.78, 5) is 19.1. The molecule has 4 rings (SSSR count). The van der Waals surface area contributed by atoms with Gasteiger partial charge >= 0.3 is 6.09 Å². The molecule has 1 atom stereocenters. The van der Waals surface area contributed by atoms with Crippen LogP contribution in [0.25, 0.3) is 16.8 Å². The minimum absolute atomic E-state index is 0.171. The maximum atomic E-state index is 12.6. The van der Waals surface area contributed by atoms with Crippen LogP contribution >= 0.6 is 0 Å². The van der Waals surface area contributed by atoms with E-state index in [1.54, 1.807) is 26.5 Å². The van der Waals surface area contributed by atoms with Gasteiger partial charge in [0.2, 0.25) is 5.88 Å². The van der Waals surface area contributed by atoms with Crippen LogP contribution in [0.4, 0.5) is 4.79 Å². The summed E-state index contributed by atoms with van der Waals surface area (Å²) in [6.07, 6.45) is 9.51. The van der Waals surface area contributed by atoms with Gasteiger partial charge in [0.15, 0.2) is 0 Å². The van der Waals surface area contributed by atoms with Crippen LogP contribution in [0.2, 0.25) is 0 Å². The number of fused-ring (bicyclic) bond motifs is 1. The summed E-state index contributed by atoms with van der Waals surface area (Å²) in [5, 5.41) is 8.58. The molecule has 1 unspecified atom stereocenters. The Bertz CT molecular complexity index is 1030. The molecule has 3 aromatic rings. The van der Waals surface area contributed by atoms with Crippen molar-refractivity contribution in [1.29, 1.82) is 0 Å². The highest BCUT2D eigenvalue weighted by molar-refractivity contribution is 5.68. The molecular formula is C21H28N6O3. The van der Waals surface area contributed by atoms with E-state index in [1.807, 2.05) is 46.3 Å². The molecule has 9 nitrogen and oxygen atoms in total. The SMILES string of the molecule is Cn1cc(-c2cn3nccc3c(OC3CCCCN(C(=O)OC(C)(C)C)C3)n2)cn1. The van der Waals surface area contributed by atoms with Gasteiger partial charge in [0.05, 0.1) is 30.8 Å². The van der Waals surface area contributed by atoms with Crippen molar-refractivity contribution in [2.24, 2.45) is 7.05 Å². The van der Waals surface area contributed by atoms with Gasteiger partial charge in [-0.05, 0) is 46.1 Å². The molecule has 1 aliphatic rings. The van der Waals surface area contributed by atoms with E-state index in [1.165, 1.54) is 0 Å². The van der Waals surface area contributed by atoms with Gasteiger partial charge in [-0.25, -0.2) is 14.3 Å². The number of hydrogen-bond acceptors (Lipinski definition) is 6. The Morgan fingerprint density at radius 2 is 2.03 bits per heavy atom. The summed E-state index contributed by atoms with van der Waals surface area (Å²) in [5.74, 6) is 0.505. The van der Waals surface area contributed by atoms with Gasteiger partial charge in [0.25, 0.3) is 0 Å². The van der Waals surface area contributed by atoms with Crippen molar-refractivity contribution in [3.8, 4) is 17.1 Å². The third kappa shape index (κ3) is 4.55. The number of carbonyl (C=O) groups excluding carboxylic acids is 1. The topological polar surface area (TPSA) is 86.8 Å². The summed E-state index contributed by atoms with van der Waals surface area (Å²) in [6.45, 7) is 6.76. The van der Waals surface area contributed by atoms with Crippen molar-refractivity contribution >= 4 is 11.6 Å². The standard InChI is InChI=1S/C21H28N6O3/c1-21(2,3)30-20(28)26-10-6-5-7-16(13-26)29-19-18-8-9-22-27(18)14-17(24-19)15-11-23-25(4)12-15/h8-9,11-12,14,16H,5-7,10,13H2,1-4H3. The van der Waals surface area contributed by atoms with E-state index >= 15 is 0 Å². The van der Waals surface area contributed by atoms with Crippen molar-refractivity contribution in [3.63, 3.8) is 0 Å². The van der Waals surface area contributed by atoms with Gasteiger partial charge in [0, 0.05) is 25.4 Å². The molecule has 4 heterocycles. The van der Waals surface area contributed by atoms with Crippen LogP contribution in [0.3, 0.4) is 0 Å². The average Bonchev–Trinajstić information content (AvgIpc) is 3.24. The first-order chi connectivity index (χ1) is 14.3. The summed E-state index contributed by atoms with van der Waals surface area (Å²) in [5.41, 5.74) is 1.88. The molecule has 0 aromatic carbocycles. The number of hydrogen-bond donors (Lipinski definition) is 0. The van der Waals surface area contributed by atoms with E-state index in [0.717, 1.165) is 36.0 Å². The molecule has 0 spiro atoms. The van der Waals surface area contributed by atoms with Gasteiger partial charge < -0.3 is 14.4 Å². The summed E-state index contributed by atoms with van der Waals surface area (Å²) in [6, 6.07) is 1.87. The van der Waals surface area contributed by atoms with E-state index in [4.69, 9.17) is 14.5 Å². The third-order valence-electron chi connectivity index (χ3n) is 4.91. The van der Waals surface area contributed by atoms with Crippen molar-refractivity contribution < 1.29 is 14.3 Å². The lowest BCUT2D eigenvalue weighted by atomic mass is 10.2. The fraction of sp³-hybridized carbons (Fsp3) is 0.524. The Hall–Kier alpha value is -3.10. The maximum Gasteiger partial charge on any atom is 0.410 e. The molecule has 1 fully saturated rings. The first-order valence-electron chi connectivity index (χ1n) is 10.3. The highest BCUT2D eigenvalue weighted by Gasteiger charge is 2.28. The molecular weight excluding hydrogens is 384 g/mol. The van der Waals surface area contributed by atoms with Crippen LogP contribution in [-0.2, 0) is 11.8 Å². The van der Waals surface area contributed by atoms with E-state index in [0.29, 0.717) is 19.0 Å². The normalized spacial score (nSPS) is 17.7. The number of nitrogens with zero attached hydrogens (tertiary/aromatic N) is 6. The predicted molar refractivity (Wildman–Crippen MR) is 111 cm³/mol. The van der Waals surface area contributed by atoms with Crippen molar-refractivity contribution in [1.82, 2.24) is 29.3 Å². The van der Waals surface area contributed by atoms with Crippen LogP contribution in [0, 0.1) is 0 Å². The van der Waals surface area contributed by atoms with Crippen LogP contribution in [-0.4, -0.2) is 60.2 Å². The average molecular weight is 412 g/mol. The lowest BCUT2D eigenvalue weighted by molar-refractivity contribution is 0.0190. The quantitative estimate of drug-likeness (QED) is 0.656. The lowest BCUT2D eigenvalue weighted by Gasteiger charge is -2.28. The molecule has 0 radical (unpaired) electrons. The van der Waals surface area contributed by atoms with E-state index in [2.05, 4.69) is 10.2 Å². The molecule has 9 heteroatoms. The summed E-state index contributed by atoms with van der Waals surface area (Å²) >= 11 is 0. The molecule has 30 heavy (non-hydrogen) atoms. The third-order valence-corrected chi connectivity index (χ3v) is 4.91. The second kappa shape index (κ2) is 7.97. The molecule has 0 aliphatic carbocycles. The Morgan fingerprint density at radius 3 is 2.77 bits per heavy atom. The molecule has 1 aliphatic heterocycles. The Morgan fingerprint density at radius 1 is 1.20 bits per heavy atom. The van der Waals surface area contributed by atoms with Gasteiger partial charge in [-0.3, -0.25) is 4.68 Å². The molecule has 0 saturated carbocycles. The highest BCUT2D eigenvalue weighted by atomic mass is 16.6. The van der Waals surface area contributed by atoms with Crippen molar-refractivity contribution in [3.05, 3.63) is 30.9 Å². The minimum atomic E-state index is -0.525.